The predicted molar refractivity (Wildman–Crippen MR) is 71.5 cm³/mol. The van der Waals surface area contributed by atoms with Gasteiger partial charge < -0.3 is 10.6 Å². The number of piperidine rings is 1. The molecule has 0 unspecified atom stereocenters. The third kappa shape index (κ3) is 3.65. The highest BCUT2D eigenvalue weighted by Crippen LogP contribution is 2.21. The summed E-state index contributed by atoms with van der Waals surface area (Å²) >= 11 is 5.79. The van der Waals surface area contributed by atoms with Crippen LogP contribution in [0.15, 0.2) is 18.2 Å². The molecule has 1 saturated heterocycles. The van der Waals surface area contributed by atoms with Gasteiger partial charge in [-0.25, -0.2) is 0 Å². The summed E-state index contributed by atoms with van der Waals surface area (Å²) in [4.78, 5) is 22.2. The lowest BCUT2D eigenvalue weighted by Gasteiger charge is -2.23. The Kier molecular flexibility index (Phi) is 4.34. The van der Waals surface area contributed by atoms with E-state index in [-0.39, 0.29) is 28.2 Å². The molecule has 1 aromatic rings. The second kappa shape index (κ2) is 5.99. The first-order valence-corrected chi connectivity index (χ1v) is 6.40. The molecule has 0 atom stereocenters. The summed E-state index contributed by atoms with van der Waals surface area (Å²) in [5, 5.41) is 17.0. The zero-order chi connectivity index (χ0) is 13.8. The van der Waals surface area contributed by atoms with Crippen LogP contribution >= 0.6 is 11.6 Å². The number of carbonyl (C=O) groups is 1. The predicted octanol–water partition coefficient (Wildman–Crippen LogP) is 1.73. The van der Waals surface area contributed by atoms with E-state index in [0.29, 0.717) is 0 Å². The molecule has 0 aromatic heterocycles. The number of carbonyl (C=O) groups excluding carboxylic acids is 1. The first kappa shape index (κ1) is 13.8. The van der Waals surface area contributed by atoms with Crippen LogP contribution in [-0.2, 0) is 0 Å². The number of hydrogen-bond acceptors (Lipinski definition) is 4. The lowest BCUT2D eigenvalue weighted by molar-refractivity contribution is -0.384. The third-order valence-corrected chi connectivity index (χ3v) is 3.25. The van der Waals surface area contributed by atoms with Crippen LogP contribution in [-0.4, -0.2) is 30.0 Å². The van der Waals surface area contributed by atoms with Gasteiger partial charge in [0.25, 0.3) is 11.6 Å². The van der Waals surface area contributed by atoms with Gasteiger partial charge in [0.1, 0.15) is 0 Å². The van der Waals surface area contributed by atoms with Crippen LogP contribution in [0.2, 0.25) is 5.02 Å². The summed E-state index contributed by atoms with van der Waals surface area (Å²) < 4.78 is 0. The van der Waals surface area contributed by atoms with Crippen molar-refractivity contribution in [3.8, 4) is 0 Å². The third-order valence-electron chi connectivity index (χ3n) is 3.03. The number of benzene rings is 1. The lowest BCUT2D eigenvalue weighted by atomic mass is 10.1. The van der Waals surface area contributed by atoms with Gasteiger partial charge in [0.05, 0.1) is 4.92 Å². The maximum Gasteiger partial charge on any atom is 0.271 e. The highest BCUT2D eigenvalue weighted by atomic mass is 35.5. The van der Waals surface area contributed by atoms with Crippen molar-refractivity contribution in [1.29, 1.82) is 0 Å². The molecule has 0 spiro atoms. The van der Waals surface area contributed by atoms with Gasteiger partial charge in [-0.3, -0.25) is 14.9 Å². The molecule has 1 fully saturated rings. The quantitative estimate of drug-likeness (QED) is 0.653. The average Bonchev–Trinajstić information content (AvgIpc) is 2.39. The summed E-state index contributed by atoms with van der Waals surface area (Å²) in [7, 11) is 0. The molecule has 19 heavy (non-hydrogen) atoms. The largest absolute Gasteiger partial charge is 0.349 e. The van der Waals surface area contributed by atoms with Crippen LogP contribution in [0.1, 0.15) is 23.2 Å². The standard InChI is InChI=1S/C12H14ClN3O3/c13-9-5-8(6-11(7-9)16(18)19)12(17)15-10-1-3-14-4-2-10/h5-7,10,14H,1-4H2,(H,15,17). The molecule has 1 aliphatic rings. The fourth-order valence-corrected chi connectivity index (χ4v) is 2.27. The van der Waals surface area contributed by atoms with Gasteiger partial charge in [-0.1, -0.05) is 11.6 Å². The fraction of sp³-hybridized carbons (Fsp3) is 0.417. The van der Waals surface area contributed by atoms with Crippen LogP contribution in [0.25, 0.3) is 0 Å². The Labute approximate surface area is 115 Å². The summed E-state index contributed by atoms with van der Waals surface area (Å²) in [6.45, 7) is 1.72. The number of rotatable bonds is 3. The Bertz CT molecular complexity index is 501. The second-order valence-corrected chi connectivity index (χ2v) is 4.89. The van der Waals surface area contributed by atoms with E-state index < -0.39 is 4.92 Å². The highest BCUT2D eigenvalue weighted by molar-refractivity contribution is 6.31. The molecule has 0 aliphatic carbocycles. The number of nitrogens with one attached hydrogen (secondary N) is 2. The molecule has 1 heterocycles. The molecule has 102 valence electrons. The fourth-order valence-electron chi connectivity index (χ4n) is 2.05. The van der Waals surface area contributed by atoms with E-state index in [1.54, 1.807) is 0 Å². The number of hydrogen-bond donors (Lipinski definition) is 2. The molecule has 2 rings (SSSR count). The van der Waals surface area contributed by atoms with E-state index in [1.807, 2.05) is 0 Å². The number of halogens is 1. The van der Waals surface area contributed by atoms with Crippen LogP contribution in [0.4, 0.5) is 5.69 Å². The van der Waals surface area contributed by atoms with E-state index in [2.05, 4.69) is 10.6 Å². The minimum atomic E-state index is -0.562. The molecular formula is C12H14ClN3O3. The molecule has 1 aromatic carbocycles. The number of non-ortho nitro benzene ring substituents is 1. The summed E-state index contributed by atoms with van der Waals surface area (Å²) in [5.74, 6) is -0.322. The zero-order valence-corrected chi connectivity index (χ0v) is 10.9. The van der Waals surface area contributed by atoms with Crippen LogP contribution in [0.3, 0.4) is 0 Å². The highest BCUT2D eigenvalue weighted by Gasteiger charge is 2.18. The van der Waals surface area contributed by atoms with Crippen molar-refractivity contribution >= 4 is 23.2 Å². The van der Waals surface area contributed by atoms with Crippen molar-refractivity contribution in [3.63, 3.8) is 0 Å². The van der Waals surface area contributed by atoms with Crippen molar-refractivity contribution in [1.82, 2.24) is 10.6 Å². The van der Waals surface area contributed by atoms with Crippen molar-refractivity contribution in [2.75, 3.05) is 13.1 Å². The first-order chi connectivity index (χ1) is 9.06. The monoisotopic (exact) mass is 283 g/mol. The van der Waals surface area contributed by atoms with Crippen molar-refractivity contribution < 1.29 is 9.72 Å². The van der Waals surface area contributed by atoms with Crippen LogP contribution in [0.5, 0.6) is 0 Å². The minimum Gasteiger partial charge on any atom is -0.349 e. The maximum atomic E-state index is 12.0. The van der Waals surface area contributed by atoms with E-state index in [1.165, 1.54) is 18.2 Å². The molecule has 0 radical (unpaired) electrons. The summed E-state index contributed by atoms with van der Waals surface area (Å²) in [6, 6.07) is 4.00. The topological polar surface area (TPSA) is 84.3 Å². The first-order valence-electron chi connectivity index (χ1n) is 6.03. The SMILES string of the molecule is O=C(NC1CCNCC1)c1cc(Cl)cc([N+](=O)[O-])c1. The Balaban J connectivity index is 2.11. The van der Waals surface area contributed by atoms with Gasteiger partial charge in [0.15, 0.2) is 0 Å². The average molecular weight is 284 g/mol. The molecule has 0 bridgehead atoms. The van der Waals surface area contributed by atoms with Crippen molar-refractivity contribution in [3.05, 3.63) is 38.9 Å². The molecule has 1 aliphatic heterocycles. The lowest BCUT2D eigenvalue weighted by Crippen LogP contribution is -2.42. The Morgan fingerprint density at radius 1 is 1.37 bits per heavy atom. The Morgan fingerprint density at radius 3 is 2.68 bits per heavy atom. The maximum absolute atomic E-state index is 12.0. The van der Waals surface area contributed by atoms with E-state index >= 15 is 0 Å². The number of nitro groups is 1. The summed E-state index contributed by atoms with van der Waals surface area (Å²) in [6.07, 6.45) is 1.71. The van der Waals surface area contributed by atoms with Crippen molar-refractivity contribution in [2.45, 2.75) is 18.9 Å². The smallest absolute Gasteiger partial charge is 0.271 e. The van der Waals surface area contributed by atoms with Gasteiger partial charge in [-0.15, -0.1) is 0 Å². The molecule has 1 amide bonds. The molecular weight excluding hydrogens is 270 g/mol. The van der Waals surface area contributed by atoms with Crippen molar-refractivity contribution in [2.24, 2.45) is 0 Å². The molecule has 0 saturated carbocycles. The molecule has 6 nitrogen and oxygen atoms in total. The van der Waals surface area contributed by atoms with Crippen LogP contribution < -0.4 is 10.6 Å². The van der Waals surface area contributed by atoms with Gasteiger partial charge in [-0.2, -0.15) is 0 Å². The minimum absolute atomic E-state index is 0.104. The summed E-state index contributed by atoms with van der Waals surface area (Å²) in [5.41, 5.74) is 0.0423. The second-order valence-electron chi connectivity index (χ2n) is 4.45. The van der Waals surface area contributed by atoms with E-state index in [4.69, 9.17) is 11.6 Å². The number of nitro benzene ring substituents is 1. The van der Waals surface area contributed by atoms with Gasteiger partial charge in [0.2, 0.25) is 0 Å². The number of nitrogens with zero attached hydrogens (tertiary/aromatic N) is 1. The van der Waals surface area contributed by atoms with Gasteiger partial charge >= 0.3 is 0 Å². The number of amides is 1. The Hall–Kier alpha value is -1.66. The Morgan fingerprint density at radius 2 is 2.05 bits per heavy atom. The van der Waals surface area contributed by atoms with Gasteiger partial charge in [0, 0.05) is 28.8 Å². The molecule has 7 heteroatoms. The normalized spacial score (nSPS) is 16.1. The zero-order valence-electron chi connectivity index (χ0n) is 10.2. The molecule has 2 N–H and O–H groups in total. The van der Waals surface area contributed by atoms with Crippen LogP contribution in [0, 0.1) is 10.1 Å². The van der Waals surface area contributed by atoms with E-state index in [9.17, 15) is 14.9 Å². The van der Waals surface area contributed by atoms with Gasteiger partial charge in [-0.05, 0) is 32.0 Å². The van der Waals surface area contributed by atoms with E-state index in [0.717, 1.165) is 25.9 Å².